The highest BCUT2D eigenvalue weighted by Gasteiger charge is 2.19. The van der Waals surface area contributed by atoms with E-state index in [1.54, 1.807) is 49.4 Å². The predicted molar refractivity (Wildman–Crippen MR) is 92.9 cm³/mol. The van der Waals surface area contributed by atoms with E-state index in [-0.39, 0.29) is 22.8 Å². The van der Waals surface area contributed by atoms with Crippen molar-refractivity contribution in [2.24, 2.45) is 5.73 Å². The second-order valence-electron chi connectivity index (χ2n) is 5.35. The molecule has 3 N–H and O–H groups in total. The van der Waals surface area contributed by atoms with Gasteiger partial charge in [-0.3, -0.25) is 9.59 Å². The first-order valence-electron chi connectivity index (χ1n) is 7.29. The molecule has 0 radical (unpaired) electrons. The first-order chi connectivity index (χ1) is 11.4. The Hall–Kier alpha value is -2.68. The van der Waals surface area contributed by atoms with Gasteiger partial charge in [-0.15, -0.1) is 0 Å². The van der Waals surface area contributed by atoms with Crippen LogP contribution >= 0.6 is 11.6 Å². The van der Waals surface area contributed by atoms with E-state index in [9.17, 15) is 9.59 Å². The zero-order valence-corrected chi connectivity index (χ0v) is 13.8. The van der Waals surface area contributed by atoms with Crippen LogP contribution in [0.3, 0.4) is 0 Å². The monoisotopic (exact) mass is 341 g/mol. The summed E-state index contributed by atoms with van der Waals surface area (Å²) < 4.78 is 0. The van der Waals surface area contributed by atoms with Gasteiger partial charge in [0.2, 0.25) is 0 Å². The Morgan fingerprint density at radius 3 is 2.50 bits per heavy atom. The average molecular weight is 342 g/mol. The molecule has 1 atom stereocenters. The molecule has 0 aliphatic rings. The van der Waals surface area contributed by atoms with Crippen LogP contribution in [0.15, 0.2) is 42.5 Å². The lowest BCUT2D eigenvalue weighted by molar-refractivity contribution is -0.119. The first kappa shape index (κ1) is 17.7. The van der Waals surface area contributed by atoms with Gasteiger partial charge in [-0.1, -0.05) is 23.7 Å². The van der Waals surface area contributed by atoms with Crippen LogP contribution in [-0.2, 0) is 11.2 Å². The minimum atomic E-state index is -0.613. The Labute approximate surface area is 145 Å². The van der Waals surface area contributed by atoms with Crippen molar-refractivity contribution in [1.82, 2.24) is 0 Å². The van der Waals surface area contributed by atoms with Gasteiger partial charge >= 0.3 is 0 Å². The maximum atomic E-state index is 12.6. The molecule has 24 heavy (non-hydrogen) atoms. The molecular formula is C18H16ClN3O2. The topological polar surface area (TPSA) is 96.0 Å². The average Bonchev–Trinajstić information content (AvgIpc) is 2.55. The number of nitriles is 1. The van der Waals surface area contributed by atoms with Crippen LogP contribution in [0.1, 0.15) is 28.4 Å². The third kappa shape index (κ3) is 4.19. The normalized spacial score (nSPS) is 11.4. The Bertz CT molecular complexity index is 808. The molecule has 0 spiro atoms. The molecule has 6 heteroatoms. The summed E-state index contributed by atoms with van der Waals surface area (Å²) in [6, 6.07) is 12.8. The Morgan fingerprint density at radius 2 is 1.92 bits per heavy atom. The van der Waals surface area contributed by atoms with Crippen molar-refractivity contribution in [1.29, 1.82) is 5.26 Å². The second kappa shape index (κ2) is 7.73. The van der Waals surface area contributed by atoms with Crippen molar-refractivity contribution in [3.63, 3.8) is 0 Å². The second-order valence-corrected chi connectivity index (χ2v) is 5.76. The fourth-order valence-corrected chi connectivity index (χ4v) is 2.42. The van der Waals surface area contributed by atoms with Crippen LogP contribution in [0.2, 0.25) is 5.02 Å². The molecule has 2 aromatic carbocycles. The molecule has 1 amide bonds. The Morgan fingerprint density at radius 1 is 1.25 bits per heavy atom. The Balaban J connectivity index is 2.27. The van der Waals surface area contributed by atoms with E-state index in [2.05, 4.69) is 5.32 Å². The summed E-state index contributed by atoms with van der Waals surface area (Å²) in [5.41, 5.74) is 7.39. The fourth-order valence-electron chi connectivity index (χ4n) is 2.14. The van der Waals surface area contributed by atoms with Gasteiger partial charge in [-0.25, -0.2) is 0 Å². The molecule has 0 saturated carbocycles. The number of hydrogen-bond donors (Lipinski definition) is 2. The van der Waals surface area contributed by atoms with E-state index >= 15 is 0 Å². The smallest absolute Gasteiger partial charge is 0.257 e. The molecule has 0 heterocycles. The van der Waals surface area contributed by atoms with Crippen molar-refractivity contribution in [2.45, 2.75) is 19.4 Å². The van der Waals surface area contributed by atoms with Crippen molar-refractivity contribution < 1.29 is 9.59 Å². The van der Waals surface area contributed by atoms with E-state index in [1.165, 1.54) is 0 Å². The number of amides is 1. The highest BCUT2D eigenvalue weighted by atomic mass is 35.5. The minimum Gasteiger partial charge on any atom is -0.322 e. The van der Waals surface area contributed by atoms with Gasteiger partial charge in [-0.2, -0.15) is 5.26 Å². The highest BCUT2D eigenvalue weighted by molar-refractivity contribution is 6.34. The molecule has 0 aliphatic heterocycles. The lowest BCUT2D eigenvalue weighted by Crippen LogP contribution is -2.29. The lowest BCUT2D eigenvalue weighted by Gasteiger charge is -2.12. The number of halogens is 1. The van der Waals surface area contributed by atoms with Gasteiger partial charge in [0.15, 0.2) is 5.78 Å². The van der Waals surface area contributed by atoms with Crippen molar-refractivity contribution in [3.05, 3.63) is 64.2 Å². The zero-order valence-electron chi connectivity index (χ0n) is 13.0. The van der Waals surface area contributed by atoms with Crippen molar-refractivity contribution >= 4 is 29.0 Å². The summed E-state index contributed by atoms with van der Waals surface area (Å²) in [4.78, 5) is 24.5. The SMILES string of the molecule is CC(N)C(=O)Cc1cccc(Cl)c1C(=O)Nc1ccc(C#N)cc1. The molecule has 0 aliphatic carbocycles. The van der Waals surface area contributed by atoms with E-state index in [0.717, 1.165) is 0 Å². The maximum absolute atomic E-state index is 12.6. The van der Waals surface area contributed by atoms with Gasteiger partial charge in [0.05, 0.1) is 28.3 Å². The third-order valence-electron chi connectivity index (χ3n) is 3.47. The lowest BCUT2D eigenvalue weighted by atomic mass is 9.99. The van der Waals surface area contributed by atoms with E-state index in [1.807, 2.05) is 6.07 Å². The number of Topliss-reactive ketones (excluding diaryl/α,β-unsaturated/α-hetero) is 1. The molecule has 0 bridgehead atoms. The summed E-state index contributed by atoms with van der Waals surface area (Å²) in [5.74, 6) is -0.595. The molecule has 0 aromatic heterocycles. The van der Waals surface area contributed by atoms with Crippen LogP contribution in [0.25, 0.3) is 0 Å². The van der Waals surface area contributed by atoms with E-state index < -0.39 is 11.9 Å². The predicted octanol–water partition coefficient (Wildman–Crippen LogP) is 2.92. The number of hydrogen-bond acceptors (Lipinski definition) is 4. The van der Waals surface area contributed by atoms with Crippen LogP contribution in [0.5, 0.6) is 0 Å². The summed E-state index contributed by atoms with van der Waals surface area (Å²) in [6.07, 6.45) is 0.0361. The van der Waals surface area contributed by atoms with Crippen LogP contribution < -0.4 is 11.1 Å². The highest BCUT2D eigenvalue weighted by Crippen LogP contribution is 2.23. The van der Waals surface area contributed by atoms with Gasteiger partial charge in [0.1, 0.15) is 0 Å². The Kier molecular flexibility index (Phi) is 5.69. The van der Waals surface area contributed by atoms with Crippen LogP contribution in [-0.4, -0.2) is 17.7 Å². The fraction of sp³-hybridized carbons (Fsp3) is 0.167. The molecule has 122 valence electrons. The van der Waals surface area contributed by atoms with E-state index in [4.69, 9.17) is 22.6 Å². The summed E-state index contributed by atoms with van der Waals surface area (Å²) >= 11 is 6.15. The quantitative estimate of drug-likeness (QED) is 0.873. The van der Waals surface area contributed by atoms with Gasteiger partial charge < -0.3 is 11.1 Å². The number of nitrogens with two attached hydrogens (primary N) is 1. The van der Waals surface area contributed by atoms with Gasteiger partial charge in [0, 0.05) is 12.1 Å². The number of anilines is 1. The molecular weight excluding hydrogens is 326 g/mol. The molecule has 0 saturated heterocycles. The standard InChI is InChI=1S/C18H16ClN3O2/c1-11(21)16(23)9-13-3-2-4-15(19)17(13)18(24)22-14-7-5-12(10-20)6-8-14/h2-8,11H,9,21H2,1H3,(H,22,24). The maximum Gasteiger partial charge on any atom is 0.257 e. The van der Waals surface area contributed by atoms with Gasteiger partial charge in [-0.05, 0) is 42.8 Å². The largest absolute Gasteiger partial charge is 0.322 e. The first-order valence-corrected chi connectivity index (χ1v) is 7.67. The number of nitrogens with zero attached hydrogens (tertiary/aromatic N) is 1. The number of nitrogens with one attached hydrogen (secondary N) is 1. The zero-order chi connectivity index (χ0) is 17.7. The summed E-state index contributed by atoms with van der Waals surface area (Å²) in [6.45, 7) is 1.60. The van der Waals surface area contributed by atoms with E-state index in [0.29, 0.717) is 16.8 Å². The number of ketones is 1. The molecule has 2 rings (SSSR count). The number of carbonyl (C=O) groups excluding carboxylic acids is 2. The summed E-state index contributed by atoms with van der Waals surface area (Å²) in [7, 11) is 0. The van der Waals surface area contributed by atoms with Gasteiger partial charge in [0.25, 0.3) is 5.91 Å². The molecule has 1 unspecified atom stereocenters. The van der Waals surface area contributed by atoms with Crippen LogP contribution in [0, 0.1) is 11.3 Å². The number of benzene rings is 2. The molecule has 2 aromatic rings. The number of rotatable bonds is 5. The molecule has 5 nitrogen and oxygen atoms in total. The molecule has 0 fully saturated rings. The van der Waals surface area contributed by atoms with Crippen molar-refractivity contribution in [3.8, 4) is 6.07 Å². The summed E-state index contributed by atoms with van der Waals surface area (Å²) in [5, 5.41) is 11.8. The van der Waals surface area contributed by atoms with Crippen molar-refractivity contribution in [2.75, 3.05) is 5.32 Å². The number of carbonyl (C=O) groups is 2. The third-order valence-corrected chi connectivity index (χ3v) is 3.79. The van der Waals surface area contributed by atoms with Crippen LogP contribution in [0.4, 0.5) is 5.69 Å². The minimum absolute atomic E-state index is 0.0361.